The molecule has 0 bridgehead atoms. The van der Waals surface area contributed by atoms with Gasteiger partial charge in [-0.15, -0.1) is 0 Å². The number of hydrogen-bond acceptors (Lipinski definition) is 0. The zero-order valence-corrected chi connectivity index (χ0v) is 8.52. The molecule has 1 aliphatic rings. The number of rotatable bonds is 0. The van der Waals surface area contributed by atoms with Crippen LogP contribution in [0.1, 0.15) is 25.7 Å². The lowest BCUT2D eigenvalue weighted by atomic mass is 10.2. The Labute approximate surface area is 87.0 Å². The summed E-state index contributed by atoms with van der Waals surface area (Å²) in [4.78, 5) is 0. The summed E-state index contributed by atoms with van der Waals surface area (Å²) in [5.41, 5.74) is 0. The van der Waals surface area contributed by atoms with Crippen molar-refractivity contribution in [3.05, 3.63) is 60.8 Å². The van der Waals surface area contributed by atoms with Crippen molar-refractivity contribution in [3.8, 4) is 0 Å². The van der Waals surface area contributed by atoms with Gasteiger partial charge in [0.25, 0.3) is 0 Å². The Hall–Kier alpha value is -1.30. The fraction of sp³-hybridized carbons (Fsp3) is 0.286. The Bertz CT molecular complexity index is 262. The molecule has 0 amide bonds. The second-order valence-electron chi connectivity index (χ2n) is 3.16. The Balaban J connectivity index is 2.46. The van der Waals surface area contributed by atoms with Gasteiger partial charge in [-0.25, -0.2) is 0 Å². The summed E-state index contributed by atoms with van der Waals surface area (Å²) < 4.78 is 0. The van der Waals surface area contributed by atoms with Gasteiger partial charge in [0.1, 0.15) is 0 Å². The van der Waals surface area contributed by atoms with E-state index in [2.05, 4.69) is 48.6 Å². The van der Waals surface area contributed by atoms with E-state index >= 15 is 0 Å². The van der Waals surface area contributed by atoms with Gasteiger partial charge in [0, 0.05) is 0 Å². The fourth-order valence-corrected chi connectivity index (χ4v) is 1.16. The van der Waals surface area contributed by atoms with E-state index in [1.165, 1.54) is 6.42 Å². The largest absolute Gasteiger partial charge is 0.0845 e. The van der Waals surface area contributed by atoms with Gasteiger partial charge in [-0.2, -0.15) is 0 Å². The molecular weight excluding hydrogens is 168 g/mol. The van der Waals surface area contributed by atoms with Gasteiger partial charge in [-0.1, -0.05) is 54.7 Å². The van der Waals surface area contributed by atoms with E-state index in [1.54, 1.807) is 0 Å². The van der Waals surface area contributed by atoms with E-state index in [0.29, 0.717) is 0 Å². The summed E-state index contributed by atoms with van der Waals surface area (Å²) in [5, 5.41) is 0. The molecule has 1 rings (SSSR count). The minimum Gasteiger partial charge on any atom is -0.0845 e. The van der Waals surface area contributed by atoms with Crippen LogP contribution in [0, 0.1) is 6.08 Å². The second kappa shape index (κ2) is 8.31. The van der Waals surface area contributed by atoms with Crippen molar-refractivity contribution in [2.75, 3.05) is 0 Å². The van der Waals surface area contributed by atoms with E-state index in [9.17, 15) is 0 Å². The van der Waals surface area contributed by atoms with Gasteiger partial charge in [0.05, 0.1) is 0 Å². The highest BCUT2D eigenvalue weighted by atomic mass is 13.9. The van der Waals surface area contributed by atoms with E-state index in [4.69, 9.17) is 0 Å². The quantitative estimate of drug-likeness (QED) is 0.532. The summed E-state index contributed by atoms with van der Waals surface area (Å²) in [6, 6.07) is 0. The molecule has 0 N–H and O–H groups in total. The van der Waals surface area contributed by atoms with Crippen LogP contribution in [0.15, 0.2) is 54.7 Å². The SMILES string of the molecule is [C]1=C/C/C=C/C=C\C=C\C=C/CCC/1. The summed E-state index contributed by atoms with van der Waals surface area (Å²) in [5.74, 6) is 0. The molecule has 0 heteroatoms. The Kier molecular flexibility index (Phi) is 6.39. The molecule has 0 saturated carbocycles. The van der Waals surface area contributed by atoms with Gasteiger partial charge in [0.2, 0.25) is 0 Å². The smallest absolute Gasteiger partial charge is 0.0160 e. The Morgan fingerprint density at radius 2 is 1.50 bits per heavy atom. The van der Waals surface area contributed by atoms with Crippen LogP contribution in [0.3, 0.4) is 0 Å². The van der Waals surface area contributed by atoms with Crippen LogP contribution in [0.4, 0.5) is 0 Å². The molecule has 0 aromatic rings. The molecule has 0 fully saturated rings. The highest BCUT2D eigenvalue weighted by Gasteiger charge is 1.80. The van der Waals surface area contributed by atoms with Gasteiger partial charge < -0.3 is 0 Å². The van der Waals surface area contributed by atoms with Crippen molar-refractivity contribution >= 4 is 0 Å². The van der Waals surface area contributed by atoms with Crippen molar-refractivity contribution < 1.29 is 0 Å². The van der Waals surface area contributed by atoms with Crippen molar-refractivity contribution in [3.63, 3.8) is 0 Å². The second-order valence-corrected chi connectivity index (χ2v) is 3.16. The van der Waals surface area contributed by atoms with E-state index in [0.717, 1.165) is 19.3 Å². The lowest BCUT2D eigenvalue weighted by Crippen LogP contribution is -1.70. The highest BCUT2D eigenvalue weighted by Crippen LogP contribution is 1.99. The molecule has 0 spiro atoms. The first kappa shape index (κ1) is 10.8. The van der Waals surface area contributed by atoms with Crippen molar-refractivity contribution in [2.24, 2.45) is 0 Å². The fourth-order valence-electron chi connectivity index (χ4n) is 1.16. The lowest BCUT2D eigenvalue weighted by Gasteiger charge is -1.89. The lowest BCUT2D eigenvalue weighted by molar-refractivity contribution is 0.852. The van der Waals surface area contributed by atoms with Gasteiger partial charge in [0.15, 0.2) is 0 Å². The van der Waals surface area contributed by atoms with E-state index < -0.39 is 0 Å². The van der Waals surface area contributed by atoms with Crippen molar-refractivity contribution in [2.45, 2.75) is 25.7 Å². The Morgan fingerprint density at radius 3 is 2.36 bits per heavy atom. The summed E-state index contributed by atoms with van der Waals surface area (Å²) in [7, 11) is 0. The molecule has 1 aliphatic carbocycles. The predicted octanol–water partition coefficient (Wildman–Crippen LogP) is 4.14. The first-order chi connectivity index (χ1) is 7.00. The molecule has 0 heterocycles. The van der Waals surface area contributed by atoms with Gasteiger partial charge in [-0.3, -0.25) is 0 Å². The topological polar surface area (TPSA) is 0 Å². The van der Waals surface area contributed by atoms with Crippen LogP contribution in [0.5, 0.6) is 0 Å². The number of hydrogen-bond donors (Lipinski definition) is 0. The standard InChI is InChI=1S/C14H17/c1-2-4-6-8-10-12-14-13-11-9-7-5-3-1/h1-8,11H,9-10,12,14H2/b3-1-,4-2+,7-5+,8-6-,13-11?. The average molecular weight is 185 g/mol. The number of allylic oxidation sites excluding steroid dienone is 10. The van der Waals surface area contributed by atoms with Crippen molar-refractivity contribution in [1.29, 1.82) is 0 Å². The molecule has 14 heavy (non-hydrogen) atoms. The molecule has 1 radical (unpaired) electrons. The minimum absolute atomic E-state index is 0.990. The molecular formula is C14H17. The van der Waals surface area contributed by atoms with Crippen LogP contribution in [0.25, 0.3) is 0 Å². The molecule has 0 unspecified atom stereocenters. The van der Waals surface area contributed by atoms with Crippen LogP contribution in [-0.2, 0) is 0 Å². The summed E-state index contributed by atoms with van der Waals surface area (Å²) >= 11 is 0. The third-order valence-electron chi connectivity index (χ3n) is 1.92. The van der Waals surface area contributed by atoms with E-state index in [-0.39, 0.29) is 0 Å². The highest BCUT2D eigenvalue weighted by molar-refractivity contribution is 5.15. The van der Waals surface area contributed by atoms with Crippen LogP contribution in [0.2, 0.25) is 0 Å². The predicted molar refractivity (Wildman–Crippen MR) is 62.8 cm³/mol. The van der Waals surface area contributed by atoms with Crippen LogP contribution >= 0.6 is 0 Å². The monoisotopic (exact) mass is 185 g/mol. The zero-order chi connectivity index (χ0) is 9.90. The average Bonchev–Trinajstić information content (AvgIpc) is 2.22. The maximum absolute atomic E-state index is 3.29. The molecule has 0 aliphatic heterocycles. The minimum atomic E-state index is 0.990. The molecule has 0 aromatic carbocycles. The van der Waals surface area contributed by atoms with Crippen LogP contribution in [-0.4, -0.2) is 0 Å². The Morgan fingerprint density at radius 1 is 0.786 bits per heavy atom. The third-order valence-corrected chi connectivity index (χ3v) is 1.92. The molecule has 0 saturated heterocycles. The first-order valence-corrected chi connectivity index (χ1v) is 5.20. The maximum Gasteiger partial charge on any atom is -0.0160 e. The van der Waals surface area contributed by atoms with Crippen molar-refractivity contribution in [1.82, 2.24) is 0 Å². The molecule has 73 valence electrons. The van der Waals surface area contributed by atoms with Crippen LogP contribution < -0.4 is 0 Å². The van der Waals surface area contributed by atoms with Gasteiger partial charge in [-0.05, 0) is 31.8 Å². The van der Waals surface area contributed by atoms with Gasteiger partial charge >= 0.3 is 0 Å². The first-order valence-electron chi connectivity index (χ1n) is 5.20. The molecule has 0 atom stereocenters. The molecule has 0 nitrogen and oxygen atoms in total. The normalized spacial score (nSPS) is 29.7. The maximum atomic E-state index is 3.29. The van der Waals surface area contributed by atoms with E-state index in [1.807, 2.05) is 12.2 Å². The summed E-state index contributed by atoms with van der Waals surface area (Å²) in [6.45, 7) is 0. The third kappa shape index (κ3) is 6.24. The zero-order valence-electron chi connectivity index (χ0n) is 8.52. The summed E-state index contributed by atoms with van der Waals surface area (Å²) in [6.07, 6.45) is 26.5. The molecule has 0 aromatic heterocycles.